The Balaban J connectivity index is 1.51. The summed E-state index contributed by atoms with van der Waals surface area (Å²) >= 11 is 1.90. The van der Waals surface area contributed by atoms with Gasteiger partial charge in [-0.05, 0) is 43.6 Å². The van der Waals surface area contributed by atoms with Crippen molar-refractivity contribution in [1.82, 2.24) is 10.2 Å². The molecule has 1 aliphatic heterocycles. The number of nitrogens with one attached hydrogen (secondary N) is 1. The molecule has 1 unspecified atom stereocenters. The summed E-state index contributed by atoms with van der Waals surface area (Å²) in [6.07, 6.45) is 2.71. The lowest BCUT2D eigenvalue weighted by Gasteiger charge is -2.22. The molecular weight excluding hydrogens is 276 g/mol. The maximum atomic E-state index is 3.64. The number of likely N-dealkylation sites (tertiary alicyclic amines) is 1. The molecular formula is C18H24N2S. The molecule has 21 heavy (non-hydrogen) atoms. The third kappa shape index (κ3) is 3.73. The Bertz CT molecular complexity index is 549. The number of benzene rings is 1. The van der Waals surface area contributed by atoms with Crippen LogP contribution in [0.3, 0.4) is 0 Å². The highest BCUT2D eigenvalue weighted by atomic mass is 32.1. The van der Waals surface area contributed by atoms with E-state index in [2.05, 4.69) is 59.6 Å². The molecule has 1 aromatic carbocycles. The molecule has 1 atom stereocenters. The second-order valence-corrected chi connectivity index (χ2v) is 6.86. The number of rotatable bonds is 6. The Labute approximate surface area is 131 Å². The summed E-state index contributed by atoms with van der Waals surface area (Å²) in [5.41, 5.74) is 1.32. The highest BCUT2D eigenvalue weighted by Gasteiger charge is 2.22. The number of likely N-dealkylation sites (N-methyl/N-ethyl adjacent to an activating group) is 1. The highest BCUT2D eigenvalue weighted by Crippen LogP contribution is 2.27. The minimum Gasteiger partial charge on any atom is -0.310 e. The second kappa shape index (κ2) is 7.21. The topological polar surface area (TPSA) is 15.3 Å². The van der Waals surface area contributed by atoms with Gasteiger partial charge in [-0.2, -0.15) is 0 Å². The zero-order valence-corrected chi connectivity index (χ0v) is 13.5. The van der Waals surface area contributed by atoms with Crippen molar-refractivity contribution >= 4 is 11.3 Å². The van der Waals surface area contributed by atoms with E-state index in [-0.39, 0.29) is 0 Å². The summed E-state index contributed by atoms with van der Waals surface area (Å²) < 4.78 is 0. The zero-order chi connectivity index (χ0) is 14.5. The van der Waals surface area contributed by atoms with Crippen molar-refractivity contribution in [3.8, 4) is 10.4 Å². The zero-order valence-electron chi connectivity index (χ0n) is 12.7. The molecule has 2 aromatic rings. The Morgan fingerprint density at radius 2 is 2.05 bits per heavy atom. The van der Waals surface area contributed by atoms with Gasteiger partial charge >= 0.3 is 0 Å². The number of thiophene rings is 1. The fourth-order valence-corrected chi connectivity index (χ4v) is 4.12. The van der Waals surface area contributed by atoms with Crippen LogP contribution in [0.2, 0.25) is 0 Å². The van der Waals surface area contributed by atoms with E-state index in [1.165, 1.54) is 41.2 Å². The van der Waals surface area contributed by atoms with Gasteiger partial charge in [-0.1, -0.05) is 37.3 Å². The second-order valence-electron chi connectivity index (χ2n) is 5.69. The third-order valence-electron chi connectivity index (χ3n) is 4.30. The smallest absolute Gasteiger partial charge is 0.0346 e. The standard InChI is InChI=1S/C18H24N2S/c1-2-20-12-6-9-16(20)13-19-14-17-10-11-18(21-17)15-7-4-3-5-8-15/h3-5,7-8,10-11,16,19H,2,6,9,12-14H2,1H3. The van der Waals surface area contributed by atoms with E-state index in [1.54, 1.807) is 0 Å². The van der Waals surface area contributed by atoms with Crippen LogP contribution in [0.4, 0.5) is 0 Å². The van der Waals surface area contributed by atoms with Crippen LogP contribution in [0.25, 0.3) is 10.4 Å². The largest absolute Gasteiger partial charge is 0.310 e. The van der Waals surface area contributed by atoms with E-state index in [0.29, 0.717) is 0 Å². The molecule has 2 heterocycles. The van der Waals surface area contributed by atoms with Gasteiger partial charge in [-0.3, -0.25) is 4.90 Å². The van der Waals surface area contributed by atoms with Gasteiger partial charge in [0.25, 0.3) is 0 Å². The van der Waals surface area contributed by atoms with Crippen LogP contribution in [0.15, 0.2) is 42.5 Å². The van der Waals surface area contributed by atoms with Crippen molar-refractivity contribution < 1.29 is 0 Å². The normalized spacial score (nSPS) is 19.2. The lowest BCUT2D eigenvalue weighted by atomic mass is 10.2. The molecule has 1 N–H and O–H groups in total. The summed E-state index contributed by atoms with van der Waals surface area (Å²) in [6.45, 7) is 6.84. The first-order valence-electron chi connectivity index (χ1n) is 7.95. The van der Waals surface area contributed by atoms with E-state index in [0.717, 1.165) is 19.1 Å². The summed E-state index contributed by atoms with van der Waals surface area (Å²) in [5.74, 6) is 0. The van der Waals surface area contributed by atoms with E-state index in [1.807, 2.05) is 11.3 Å². The molecule has 0 aliphatic carbocycles. The van der Waals surface area contributed by atoms with E-state index >= 15 is 0 Å². The number of hydrogen-bond donors (Lipinski definition) is 1. The summed E-state index contributed by atoms with van der Waals surface area (Å²) in [5, 5.41) is 3.64. The SMILES string of the molecule is CCN1CCCC1CNCc1ccc(-c2ccccc2)s1. The Hall–Kier alpha value is -1.16. The van der Waals surface area contributed by atoms with Crippen LogP contribution in [-0.2, 0) is 6.54 Å². The first kappa shape index (κ1) is 14.8. The van der Waals surface area contributed by atoms with Gasteiger partial charge in [0.15, 0.2) is 0 Å². The molecule has 0 spiro atoms. The summed E-state index contributed by atoms with van der Waals surface area (Å²) in [4.78, 5) is 5.38. The van der Waals surface area contributed by atoms with Crippen molar-refractivity contribution in [2.45, 2.75) is 32.4 Å². The van der Waals surface area contributed by atoms with Crippen LogP contribution in [0.1, 0.15) is 24.6 Å². The minimum atomic E-state index is 0.739. The number of nitrogens with zero attached hydrogens (tertiary/aromatic N) is 1. The van der Waals surface area contributed by atoms with Gasteiger partial charge in [0.05, 0.1) is 0 Å². The average molecular weight is 300 g/mol. The number of hydrogen-bond acceptors (Lipinski definition) is 3. The first-order valence-corrected chi connectivity index (χ1v) is 8.77. The molecule has 0 amide bonds. The van der Waals surface area contributed by atoms with Crippen molar-refractivity contribution in [3.63, 3.8) is 0 Å². The van der Waals surface area contributed by atoms with Crippen LogP contribution in [0, 0.1) is 0 Å². The van der Waals surface area contributed by atoms with E-state index in [4.69, 9.17) is 0 Å². The molecule has 0 radical (unpaired) electrons. The van der Waals surface area contributed by atoms with Crippen LogP contribution >= 0.6 is 11.3 Å². The predicted octanol–water partition coefficient (Wildman–Crippen LogP) is 3.99. The lowest BCUT2D eigenvalue weighted by Crippen LogP contribution is -2.37. The van der Waals surface area contributed by atoms with Gasteiger partial charge in [-0.25, -0.2) is 0 Å². The molecule has 3 heteroatoms. The fraction of sp³-hybridized carbons (Fsp3) is 0.444. The van der Waals surface area contributed by atoms with Gasteiger partial charge in [0, 0.05) is 28.9 Å². The predicted molar refractivity (Wildman–Crippen MR) is 91.7 cm³/mol. The molecule has 0 bridgehead atoms. The monoisotopic (exact) mass is 300 g/mol. The van der Waals surface area contributed by atoms with Gasteiger partial charge in [0.1, 0.15) is 0 Å². The molecule has 1 aliphatic rings. The molecule has 1 saturated heterocycles. The molecule has 0 saturated carbocycles. The minimum absolute atomic E-state index is 0.739. The van der Waals surface area contributed by atoms with Crippen LogP contribution in [-0.4, -0.2) is 30.6 Å². The van der Waals surface area contributed by atoms with Crippen LogP contribution < -0.4 is 5.32 Å². The molecule has 112 valence electrons. The van der Waals surface area contributed by atoms with Gasteiger partial charge in [-0.15, -0.1) is 11.3 Å². The van der Waals surface area contributed by atoms with Crippen molar-refractivity contribution in [3.05, 3.63) is 47.3 Å². The maximum absolute atomic E-state index is 3.64. The van der Waals surface area contributed by atoms with E-state index < -0.39 is 0 Å². The quantitative estimate of drug-likeness (QED) is 0.868. The average Bonchev–Trinajstić information content (AvgIpc) is 3.17. The maximum Gasteiger partial charge on any atom is 0.0346 e. The Morgan fingerprint density at radius 3 is 2.86 bits per heavy atom. The van der Waals surface area contributed by atoms with E-state index in [9.17, 15) is 0 Å². The van der Waals surface area contributed by atoms with Crippen molar-refractivity contribution in [2.75, 3.05) is 19.6 Å². The lowest BCUT2D eigenvalue weighted by molar-refractivity contribution is 0.260. The van der Waals surface area contributed by atoms with Gasteiger partial charge < -0.3 is 5.32 Å². The molecule has 1 aromatic heterocycles. The van der Waals surface area contributed by atoms with Gasteiger partial charge in [0.2, 0.25) is 0 Å². The Kier molecular flexibility index (Phi) is 5.07. The molecule has 2 nitrogen and oxygen atoms in total. The summed E-state index contributed by atoms with van der Waals surface area (Å²) in [6, 6.07) is 15.9. The highest BCUT2D eigenvalue weighted by molar-refractivity contribution is 7.15. The fourth-order valence-electron chi connectivity index (χ4n) is 3.14. The van der Waals surface area contributed by atoms with Crippen LogP contribution in [0.5, 0.6) is 0 Å². The van der Waals surface area contributed by atoms with Crippen molar-refractivity contribution in [1.29, 1.82) is 0 Å². The van der Waals surface area contributed by atoms with Crippen molar-refractivity contribution in [2.24, 2.45) is 0 Å². The Morgan fingerprint density at radius 1 is 1.19 bits per heavy atom. The molecule has 1 fully saturated rings. The summed E-state index contributed by atoms with van der Waals surface area (Å²) in [7, 11) is 0. The third-order valence-corrected chi connectivity index (χ3v) is 5.44. The first-order chi connectivity index (χ1) is 10.4. The molecule has 3 rings (SSSR count).